The maximum atomic E-state index is 2.76. The Kier molecular flexibility index (Phi) is 10.9. The molecule has 2 fully saturated rings. The summed E-state index contributed by atoms with van der Waals surface area (Å²) in [5.74, 6) is 1.09. The van der Waals surface area contributed by atoms with Crippen LogP contribution in [-0.2, 0) is 12.8 Å². The van der Waals surface area contributed by atoms with Crippen LogP contribution in [0.3, 0.4) is 0 Å². The zero-order valence-corrected chi connectivity index (χ0v) is 39.5. The summed E-state index contributed by atoms with van der Waals surface area (Å²) < 4.78 is 0. The standard InChI is InChI=1S/C66H62N2/c1-3-19-49(20-4-1)65-61-37-35-60(68(57-33-29-47-17-9-13-25-53(47)41-57)58-34-30-48-18-10-14-26-54(48)42-58)44-64(61)66(50-21-5-2-6-22-50)62-38-36-59(43-63(62)65)67(55-31-27-45-15-7-11-23-51(45)39-55)56-32-28-46-16-8-12-24-52(46)40-56/h7-9,11,13-17,23,25-35,37-44,49-50,59H,1-6,10,12,18-22,24,36H2. The molecule has 8 aromatic carbocycles. The Labute approximate surface area is 402 Å². The van der Waals surface area contributed by atoms with Gasteiger partial charge in [0.25, 0.3) is 0 Å². The Hall–Kier alpha value is -6.64. The minimum absolute atomic E-state index is 0.181. The molecule has 0 saturated heterocycles. The molecule has 0 aliphatic heterocycles. The second kappa shape index (κ2) is 17.8. The quantitative estimate of drug-likeness (QED) is 0.150. The number of aryl methyl sites for hydroxylation is 2. The van der Waals surface area contributed by atoms with Crippen LogP contribution in [0.4, 0.5) is 28.4 Å². The summed E-state index contributed by atoms with van der Waals surface area (Å²) in [7, 11) is 0. The molecule has 0 heterocycles. The zero-order chi connectivity index (χ0) is 45.0. The summed E-state index contributed by atoms with van der Waals surface area (Å²) in [6.07, 6.45) is 33.2. The molecular weight excluding hydrogens is 821 g/mol. The van der Waals surface area contributed by atoms with Gasteiger partial charge in [0.2, 0.25) is 0 Å². The SMILES string of the molecule is C1=Cc2cc(N(c3ccc4ccccc4c3)c3ccc4c(C5CCCCC5)c5c(c(C6CCCCC6)c4c3)=CCC(N(c3ccc4c(c3)CCC=C4)c3ccc4ccccc4c3)C=5)ccc2CC1. The number of hydrogen-bond acceptors (Lipinski definition) is 2. The van der Waals surface area contributed by atoms with Gasteiger partial charge in [0.15, 0.2) is 0 Å². The molecule has 2 saturated carbocycles. The smallest absolute Gasteiger partial charge is 0.0566 e. The van der Waals surface area contributed by atoms with E-state index in [9.17, 15) is 0 Å². The van der Waals surface area contributed by atoms with Gasteiger partial charge in [-0.05, 0) is 206 Å². The molecule has 5 aliphatic carbocycles. The first-order chi connectivity index (χ1) is 33.7. The predicted molar refractivity (Wildman–Crippen MR) is 292 cm³/mol. The molecule has 0 aromatic heterocycles. The second-order valence-corrected chi connectivity index (χ2v) is 20.6. The lowest BCUT2D eigenvalue weighted by molar-refractivity contribution is 0.439. The number of allylic oxidation sites excluding steroid dienone is 2. The van der Waals surface area contributed by atoms with E-state index in [-0.39, 0.29) is 6.04 Å². The maximum Gasteiger partial charge on any atom is 0.0566 e. The topological polar surface area (TPSA) is 6.48 Å². The van der Waals surface area contributed by atoms with Gasteiger partial charge < -0.3 is 9.80 Å². The van der Waals surface area contributed by atoms with E-state index in [1.165, 1.54) is 152 Å². The van der Waals surface area contributed by atoms with E-state index in [4.69, 9.17) is 0 Å². The van der Waals surface area contributed by atoms with E-state index in [2.05, 4.69) is 186 Å². The van der Waals surface area contributed by atoms with Gasteiger partial charge in [-0.2, -0.15) is 0 Å². The molecule has 2 nitrogen and oxygen atoms in total. The third-order valence-electron chi connectivity index (χ3n) is 16.5. The Morgan fingerprint density at radius 2 is 0.971 bits per heavy atom. The fourth-order valence-corrected chi connectivity index (χ4v) is 13.2. The van der Waals surface area contributed by atoms with Gasteiger partial charge in [-0.25, -0.2) is 0 Å². The van der Waals surface area contributed by atoms with Crippen molar-refractivity contribution >= 4 is 85.1 Å². The highest BCUT2D eigenvalue weighted by atomic mass is 15.2. The van der Waals surface area contributed by atoms with Crippen molar-refractivity contribution in [2.24, 2.45) is 0 Å². The molecular formula is C66H62N2. The van der Waals surface area contributed by atoms with Crippen molar-refractivity contribution < 1.29 is 0 Å². The van der Waals surface area contributed by atoms with Crippen LogP contribution in [0.1, 0.15) is 129 Å². The van der Waals surface area contributed by atoms with Crippen molar-refractivity contribution in [3.05, 3.63) is 195 Å². The van der Waals surface area contributed by atoms with Crippen LogP contribution in [0.5, 0.6) is 0 Å². The zero-order valence-electron chi connectivity index (χ0n) is 39.5. The van der Waals surface area contributed by atoms with Gasteiger partial charge in [-0.3, -0.25) is 0 Å². The molecule has 336 valence electrons. The monoisotopic (exact) mass is 882 g/mol. The van der Waals surface area contributed by atoms with Crippen molar-refractivity contribution in [2.45, 2.75) is 114 Å². The van der Waals surface area contributed by atoms with E-state index in [1.807, 2.05) is 0 Å². The minimum Gasteiger partial charge on any atom is -0.334 e. The third-order valence-corrected chi connectivity index (χ3v) is 16.5. The van der Waals surface area contributed by atoms with Gasteiger partial charge in [0.05, 0.1) is 6.04 Å². The fourth-order valence-electron chi connectivity index (χ4n) is 13.2. The summed E-state index contributed by atoms with van der Waals surface area (Å²) >= 11 is 0. The Morgan fingerprint density at radius 3 is 1.71 bits per heavy atom. The van der Waals surface area contributed by atoms with E-state index in [1.54, 1.807) is 16.3 Å². The molecule has 2 heteroatoms. The number of nitrogens with zero attached hydrogens (tertiary/aromatic N) is 2. The first-order valence-electron chi connectivity index (χ1n) is 26.2. The maximum absolute atomic E-state index is 2.76. The number of fused-ring (bicyclic) bond motifs is 6. The number of anilines is 5. The molecule has 68 heavy (non-hydrogen) atoms. The predicted octanol–water partition coefficient (Wildman–Crippen LogP) is 16.8. The molecule has 0 spiro atoms. The number of rotatable bonds is 8. The van der Waals surface area contributed by atoms with Crippen LogP contribution < -0.4 is 20.2 Å². The Balaban J connectivity index is 1.04. The largest absolute Gasteiger partial charge is 0.334 e. The lowest BCUT2D eigenvalue weighted by atomic mass is 9.74. The molecule has 0 radical (unpaired) electrons. The summed E-state index contributed by atoms with van der Waals surface area (Å²) in [4.78, 5) is 5.25. The summed E-state index contributed by atoms with van der Waals surface area (Å²) in [6, 6.07) is 54.3. The van der Waals surface area contributed by atoms with Gasteiger partial charge in [-0.1, -0.05) is 154 Å². The van der Waals surface area contributed by atoms with Crippen molar-refractivity contribution in [1.82, 2.24) is 0 Å². The first kappa shape index (κ1) is 41.5. The van der Waals surface area contributed by atoms with Crippen molar-refractivity contribution in [3.63, 3.8) is 0 Å². The molecule has 8 aromatic rings. The fraction of sp³-hybridized carbons (Fsp3) is 0.273. The van der Waals surface area contributed by atoms with Crippen LogP contribution in [-0.4, -0.2) is 6.04 Å². The van der Waals surface area contributed by atoms with Crippen LogP contribution >= 0.6 is 0 Å². The van der Waals surface area contributed by atoms with Crippen LogP contribution in [0, 0.1) is 0 Å². The van der Waals surface area contributed by atoms with E-state index in [0.717, 1.165) is 32.1 Å². The van der Waals surface area contributed by atoms with Crippen molar-refractivity contribution in [1.29, 1.82) is 0 Å². The third kappa shape index (κ3) is 7.58. The second-order valence-electron chi connectivity index (χ2n) is 20.6. The molecule has 5 aliphatic rings. The van der Waals surface area contributed by atoms with Crippen LogP contribution in [0.15, 0.2) is 152 Å². The van der Waals surface area contributed by atoms with E-state index < -0.39 is 0 Å². The minimum atomic E-state index is 0.181. The average molecular weight is 883 g/mol. The summed E-state index contributed by atoms with van der Waals surface area (Å²) in [5.41, 5.74) is 15.1. The molecule has 13 rings (SSSR count). The summed E-state index contributed by atoms with van der Waals surface area (Å²) in [6.45, 7) is 0. The van der Waals surface area contributed by atoms with Gasteiger partial charge in [0.1, 0.15) is 0 Å². The highest BCUT2D eigenvalue weighted by molar-refractivity contribution is 5.97. The Bertz CT molecular complexity index is 3430. The molecule has 0 bridgehead atoms. The van der Waals surface area contributed by atoms with E-state index in [0.29, 0.717) is 11.8 Å². The van der Waals surface area contributed by atoms with Crippen molar-refractivity contribution in [3.8, 4) is 0 Å². The number of hydrogen-bond donors (Lipinski definition) is 0. The lowest BCUT2D eigenvalue weighted by Gasteiger charge is -2.36. The highest BCUT2D eigenvalue weighted by Crippen LogP contribution is 2.45. The first-order valence-corrected chi connectivity index (χ1v) is 26.2. The molecule has 0 N–H and O–H groups in total. The average Bonchev–Trinajstić information content (AvgIpc) is 3.40. The van der Waals surface area contributed by atoms with Gasteiger partial charge >= 0.3 is 0 Å². The molecule has 0 amide bonds. The van der Waals surface area contributed by atoms with Crippen molar-refractivity contribution in [2.75, 3.05) is 9.80 Å². The molecule has 1 atom stereocenters. The van der Waals surface area contributed by atoms with Gasteiger partial charge in [0, 0.05) is 28.4 Å². The summed E-state index contributed by atoms with van der Waals surface area (Å²) in [5, 5.41) is 11.2. The van der Waals surface area contributed by atoms with Crippen LogP contribution in [0.2, 0.25) is 0 Å². The lowest BCUT2D eigenvalue weighted by Crippen LogP contribution is -2.43. The van der Waals surface area contributed by atoms with Crippen LogP contribution in [0.25, 0.3) is 56.6 Å². The molecule has 1 unspecified atom stereocenters. The normalized spacial score (nSPS) is 18.1. The highest BCUT2D eigenvalue weighted by Gasteiger charge is 2.30. The van der Waals surface area contributed by atoms with Gasteiger partial charge in [-0.15, -0.1) is 0 Å². The van der Waals surface area contributed by atoms with E-state index >= 15 is 0 Å². The number of benzene rings is 8. The Morgan fingerprint density at radius 1 is 0.412 bits per heavy atom.